The summed E-state index contributed by atoms with van der Waals surface area (Å²) in [5, 5.41) is 10.3. The highest BCUT2D eigenvalue weighted by molar-refractivity contribution is 6.37. The predicted octanol–water partition coefficient (Wildman–Crippen LogP) is 4.27. The van der Waals surface area contributed by atoms with Crippen LogP contribution in [0.5, 0.6) is 5.75 Å². The monoisotopic (exact) mass is 440 g/mol. The second-order valence-electron chi connectivity index (χ2n) is 7.57. The number of carbonyl (C=O) groups is 2. The number of fused-ring (bicyclic) bond motifs is 1. The Hall–Kier alpha value is -2.45. The second kappa shape index (κ2) is 8.12. The smallest absolute Gasteiger partial charge is 0.410 e. The van der Waals surface area contributed by atoms with Crippen molar-refractivity contribution in [3.05, 3.63) is 39.0 Å². The minimum absolute atomic E-state index is 0.109. The molecule has 0 unspecified atom stereocenters. The van der Waals surface area contributed by atoms with E-state index in [1.165, 1.54) is 13.2 Å². The first kappa shape index (κ1) is 21.3. The van der Waals surface area contributed by atoms with Crippen LogP contribution >= 0.6 is 23.2 Å². The van der Waals surface area contributed by atoms with Crippen molar-refractivity contribution in [1.82, 2.24) is 15.1 Å². The van der Waals surface area contributed by atoms with Crippen LogP contribution in [0.1, 0.15) is 42.4 Å². The third-order valence-electron chi connectivity index (χ3n) is 4.31. The van der Waals surface area contributed by atoms with Crippen LogP contribution in [0.2, 0.25) is 10.0 Å². The van der Waals surface area contributed by atoms with Crippen molar-refractivity contribution < 1.29 is 19.1 Å². The van der Waals surface area contributed by atoms with Crippen molar-refractivity contribution in [2.45, 2.75) is 39.3 Å². The van der Waals surface area contributed by atoms with Crippen molar-refractivity contribution in [3.63, 3.8) is 0 Å². The summed E-state index contributed by atoms with van der Waals surface area (Å²) in [4.78, 5) is 26.8. The van der Waals surface area contributed by atoms with E-state index in [0.29, 0.717) is 24.3 Å². The molecule has 2 aromatic rings. The van der Waals surface area contributed by atoms with E-state index in [4.69, 9.17) is 32.7 Å². The van der Waals surface area contributed by atoms with Crippen molar-refractivity contribution in [2.75, 3.05) is 19.0 Å². The first-order chi connectivity index (χ1) is 13.6. The highest BCUT2D eigenvalue weighted by Crippen LogP contribution is 2.35. The summed E-state index contributed by atoms with van der Waals surface area (Å²) < 4.78 is 10.7. The van der Waals surface area contributed by atoms with E-state index in [0.717, 1.165) is 5.69 Å². The van der Waals surface area contributed by atoms with Crippen molar-refractivity contribution in [1.29, 1.82) is 0 Å². The first-order valence-corrected chi connectivity index (χ1v) is 9.73. The second-order valence-corrected chi connectivity index (χ2v) is 8.39. The molecule has 10 heteroatoms. The number of amides is 2. The number of nitrogens with zero attached hydrogens (tertiary/aromatic N) is 2. The minimum Gasteiger partial charge on any atom is -0.494 e. The molecule has 0 aliphatic carbocycles. The molecular formula is C19H22Cl2N4O4. The van der Waals surface area contributed by atoms with Gasteiger partial charge >= 0.3 is 6.09 Å². The van der Waals surface area contributed by atoms with Gasteiger partial charge in [0.05, 0.1) is 23.7 Å². The molecule has 2 amide bonds. The molecule has 3 rings (SSSR count). The third-order valence-corrected chi connectivity index (χ3v) is 4.92. The maximum atomic E-state index is 12.9. The number of anilines is 1. The minimum atomic E-state index is -0.593. The zero-order valence-corrected chi connectivity index (χ0v) is 18.1. The number of aromatic amines is 1. The molecule has 156 valence electrons. The van der Waals surface area contributed by atoms with Crippen LogP contribution in [0.3, 0.4) is 0 Å². The Balaban J connectivity index is 1.82. The molecule has 0 atom stereocenters. The van der Waals surface area contributed by atoms with Gasteiger partial charge in [0.15, 0.2) is 11.6 Å². The Morgan fingerprint density at radius 2 is 1.93 bits per heavy atom. The van der Waals surface area contributed by atoms with Gasteiger partial charge in [-0.25, -0.2) is 4.79 Å². The van der Waals surface area contributed by atoms with E-state index in [2.05, 4.69) is 15.5 Å². The van der Waals surface area contributed by atoms with E-state index in [9.17, 15) is 9.59 Å². The largest absolute Gasteiger partial charge is 0.494 e. The number of halogens is 2. The van der Waals surface area contributed by atoms with Crippen LogP contribution < -0.4 is 10.1 Å². The Morgan fingerprint density at radius 3 is 2.59 bits per heavy atom. The highest BCUT2D eigenvalue weighted by atomic mass is 35.5. The average molecular weight is 441 g/mol. The molecule has 2 heterocycles. The maximum Gasteiger partial charge on any atom is 0.410 e. The van der Waals surface area contributed by atoms with Crippen LogP contribution in [0.15, 0.2) is 12.1 Å². The summed E-state index contributed by atoms with van der Waals surface area (Å²) in [7, 11) is 1.41. The molecule has 0 radical (unpaired) electrons. The fourth-order valence-corrected chi connectivity index (χ4v) is 3.46. The molecule has 0 fully saturated rings. The normalized spacial score (nSPS) is 13.7. The van der Waals surface area contributed by atoms with E-state index >= 15 is 0 Å². The summed E-state index contributed by atoms with van der Waals surface area (Å²) >= 11 is 12.3. The van der Waals surface area contributed by atoms with Gasteiger partial charge in [0, 0.05) is 24.2 Å². The average Bonchev–Trinajstić information content (AvgIpc) is 3.03. The number of aromatic nitrogens is 2. The maximum absolute atomic E-state index is 12.9. The molecule has 0 saturated heterocycles. The van der Waals surface area contributed by atoms with Gasteiger partial charge in [0.1, 0.15) is 11.2 Å². The lowest BCUT2D eigenvalue weighted by atomic mass is 10.1. The van der Waals surface area contributed by atoms with Crippen LogP contribution in [-0.4, -0.2) is 46.4 Å². The van der Waals surface area contributed by atoms with Crippen LogP contribution in [0, 0.1) is 0 Å². The number of benzene rings is 1. The van der Waals surface area contributed by atoms with Gasteiger partial charge < -0.3 is 19.7 Å². The molecular weight excluding hydrogens is 419 g/mol. The standard InChI is InChI=1S/C19H22Cl2N4O4/c1-19(2,3)29-18(27)25-8-7-13-10(9-25)16(24-23-13)22-17(26)14-11(20)5-6-12(21)15(14)28-4/h5-6H,7-9H2,1-4H3,(H2,22,23,24,26). The van der Waals surface area contributed by atoms with E-state index < -0.39 is 17.6 Å². The van der Waals surface area contributed by atoms with E-state index in [1.54, 1.807) is 11.0 Å². The Bertz CT molecular complexity index is 952. The van der Waals surface area contributed by atoms with Gasteiger partial charge in [0.25, 0.3) is 5.91 Å². The number of H-pyrrole nitrogens is 1. The fraction of sp³-hybridized carbons (Fsp3) is 0.421. The Kier molecular flexibility index (Phi) is 5.95. The summed E-state index contributed by atoms with van der Waals surface area (Å²) in [6.07, 6.45) is 0.153. The molecule has 0 spiro atoms. The van der Waals surface area contributed by atoms with Gasteiger partial charge in [-0.15, -0.1) is 0 Å². The fourth-order valence-electron chi connectivity index (χ4n) is 3.00. The topological polar surface area (TPSA) is 96.5 Å². The number of nitrogens with one attached hydrogen (secondary N) is 2. The molecule has 29 heavy (non-hydrogen) atoms. The Morgan fingerprint density at radius 1 is 1.24 bits per heavy atom. The molecule has 8 nitrogen and oxygen atoms in total. The molecule has 1 aromatic carbocycles. The number of hydrogen-bond donors (Lipinski definition) is 2. The van der Waals surface area contributed by atoms with Crippen LogP contribution in [-0.2, 0) is 17.7 Å². The van der Waals surface area contributed by atoms with Gasteiger partial charge in [-0.1, -0.05) is 23.2 Å². The molecule has 1 aliphatic rings. The molecule has 1 aliphatic heterocycles. The van der Waals surface area contributed by atoms with Gasteiger partial charge in [0.2, 0.25) is 0 Å². The predicted molar refractivity (Wildman–Crippen MR) is 110 cm³/mol. The number of ether oxygens (including phenoxy) is 2. The lowest BCUT2D eigenvalue weighted by Crippen LogP contribution is -2.40. The summed E-state index contributed by atoms with van der Waals surface area (Å²) in [5.74, 6) is -0.0224. The van der Waals surface area contributed by atoms with Crippen LogP contribution in [0.4, 0.5) is 10.6 Å². The lowest BCUT2D eigenvalue weighted by molar-refractivity contribution is 0.0224. The molecule has 2 N–H and O–H groups in total. The summed E-state index contributed by atoms with van der Waals surface area (Å²) in [5.41, 5.74) is 1.08. The zero-order valence-electron chi connectivity index (χ0n) is 16.6. The van der Waals surface area contributed by atoms with Crippen molar-refractivity contribution >= 4 is 41.0 Å². The van der Waals surface area contributed by atoms with Gasteiger partial charge in [-0.3, -0.25) is 9.89 Å². The quantitative estimate of drug-likeness (QED) is 0.742. The Labute approximate surface area is 178 Å². The number of hydrogen-bond acceptors (Lipinski definition) is 5. The first-order valence-electron chi connectivity index (χ1n) is 8.98. The zero-order chi connectivity index (χ0) is 21.3. The number of rotatable bonds is 3. The number of carbonyl (C=O) groups excluding carboxylic acids is 2. The third kappa shape index (κ3) is 4.59. The molecule has 0 bridgehead atoms. The van der Waals surface area contributed by atoms with Crippen molar-refractivity contribution in [2.24, 2.45) is 0 Å². The highest BCUT2D eigenvalue weighted by Gasteiger charge is 2.30. The molecule has 1 aromatic heterocycles. The van der Waals surface area contributed by atoms with Gasteiger partial charge in [-0.05, 0) is 32.9 Å². The van der Waals surface area contributed by atoms with Gasteiger partial charge in [-0.2, -0.15) is 5.10 Å². The van der Waals surface area contributed by atoms with Crippen molar-refractivity contribution in [3.8, 4) is 5.75 Å². The molecule has 0 saturated carbocycles. The summed E-state index contributed by atoms with van der Waals surface area (Å²) in [6.45, 7) is 6.19. The van der Waals surface area contributed by atoms with Crippen LogP contribution in [0.25, 0.3) is 0 Å². The van der Waals surface area contributed by atoms with E-state index in [1.807, 2.05) is 20.8 Å². The SMILES string of the molecule is COc1c(Cl)ccc(Cl)c1C(=O)Nc1n[nH]c2c1CN(C(=O)OC(C)(C)C)CC2. The summed E-state index contributed by atoms with van der Waals surface area (Å²) in [6, 6.07) is 3.07. The lowest BCUT2D eigenvalue weighted by Gasteiger charge is -2.30. The number of methoxy groups -OCH3 is 1. The van der Waals surface area contributed by atoms with E-state index in [-0.39, 0.29) is 27.9 Å².